The average Bonchev–Trinajstić information content (AvgIpc) is 2.79. The Kier molecular flexibility index (Phi) is 3.60. The third kappa shape index (κ3) is 2.23. The maximum absolute atomic E-state index is 13.3. The molecule has 1 amide bonds. The van der Waals surface area contributed by atoms with Gasteiger partial charge in [-0.05, 0) is 24.0 Å². The van der Waals surface area contributed by atoms with Gasteiger partial charge in [0.25, 0.3) is 0 Å². The summed E-state index contributed by atoms with van der Waals surface area (Å²) >= 11 is 3.46. The van der Waals surface area contributed by atoms with Gasteiger partial charge in [-0.3, -0.25) is 9.59 Å². The Balaban J connectivity index is 2.11. The van der Waals surface area contributed by atoms with Crippen LogP contribution in [0.4, 0.5) is 5.69 Å². The first-order valence-corrected chi connectivity index (χ1v) is 9.38. The average molecular weight is 428 g/mol. The number of ketones is 1. The zero-order chi connectivity index (χ0) is 19.7. The van der Waals surface area contributed by atoms with Gasteiger partial charge in [0.2, 0.25) is 11.8 Å². The number of ether oxygens (including phenoxy) is 1. The van der Waals surface area contributed by atoms with Gasteiger partial charge in [0.15, 0.2) is 5.78 Å². The minimum absolute atomic E-state index is 0.0349. The molecule has 0 radical (unpaired) electrons. The SMILES string of the molecule is Cc1cc2c(cc1Br)NC(=O)C21C(C#N)=C(N)OC2=C1C(=O)CC(C)(C)C2. The molecule has 1 unspecified atom stereocenters. The van der Waals surface area contributed by atoms with Gasteiger partial charge in [-0.1, -0.05) is 35.8 Å². The summed E-state index contributed by atoms with van der Waals surface area (Å²) < 4.78 is 6.53. The number of hydrogen-bond acceptors (Lipinski definition) is 5. The fourth-order valence-corrected chi connectivity index (χ4v) is 4.68. The van der Waals surface area contributed by atoms with E-state index in [2.05, 4.69) is 21.2 Å². The Hall–Kier alpha value is -2.59. The van der Waals surface area contributed by atoms with Crippen molar-refractivity contribution < 1.29 is 14.3 Å². The van der Waals surface area contributed by atoms with Gasteiger partial charge < -0.3 is 15.8 Å². The second-order valence-corrected chi connectivity index (χ2v) is 8.90. The third-order valence-corrected chi connectivity index (χ3v) is 6.32. The number of fused-ring (bicyclic) bond motifs is 3. The van der Waals surface area contributed by atoms with Crippen LogP contribution in [0.15, 0.2) is 39.4 Å². The van der Waals surface area contributed by atoms with E-state index in [1.807, 2.05) is 32.9 Å². The highest BCUT2D eigenvalue weighted by Gasteiger charge is 2.61. The van der Waals surface area contributed by atoms with E-state index in [9.17, 15) is 14.9 Å². The lowest BCUT2D eigenvalue weighted by Gasteiger charge is -2.41. The molecule has 7 heteroatoms. The quantitative estimate of drug-likeness (QED) is 0.660. The molecule has 0 bridgehead atoms. The lowest BCUT2D eigenvalue weighted by Crippen LogP contribution is -2.48. The second kappa shape index (κ2) is 5.46. The van der Waals surface area contributed by atoms with E-state index in [0.717, 1.165) is 10.0 Å². The molecule has 1 aromatic rings. The van der Waals surface area contributed by atoms with Crippen molar-refractivity contribution in [2.75, 3.05) is 5.32 Å². The maximum Gasteiger partial charge on any atom is 0.245 e. The molecule has 0 saturated carbocycles. The standard InChI is InChI=1S/C20H18BrN3O3/c1-9-4-10-13(5-12(9)21)24-18(26)20(10)11(8-22)17(23)27-15-7-19(2,3)6-14(25)16(15)20/h4-5H,6-7,23H2,1-3H3,(H,24,26). The summed E-state index contributed by atoms with van der Waals surface area (Å²) in [4.78, 5) is 26.5. The van der Waals surface area contributed by atoms with E-state index in [0.29, 0.717) is 23.4 Å². The number of rotatable bonds is 0. The van der Waals surface area contributed by atoms with E-state index >= 15 is 0 Å². The van der Waals surface area contributed by atoms with E-state index in [1.165, 1.54) is 0 Å². The fourth-order valence-electron chi connectivity index (χ4n) is 4.33. The number of Topliss-reactive ketones (excluding diaryl/α,β-unsaturated/α-hetero) is 1. The van der Waals surface area contributed by atoms with Crippen molar-refractivity contribution in [2.45, 2.75) is 39.0 Å². The van der Waals surface area contributed by atoms with Crippen LogP contribution < -0.4 is 11.1 Å². The molecule has 4 rings (SSSR count). The van der Waals surface area contributed by atoms with Crippen molar-refractivity contribution in [3.63, 3.8) is 0 Å². The summed E-state index contributed by atoms with van der Waals surface area (Å²) in [6.45, 7) is 5.82. The molecule has 3 aliphatic rings. The van der Waals surface area contributed by atoms with Gasteiger partial charge in [0.1, 0.15) is 22.8 Å². The highest BCUT2D eigenvalue weighted by Crippen LogP contribution is 2.56. The summed E-state index contributed by atoms with van der Waals surface area (Å²) in [5.41, 5.74) is 6.43. The molecule has 1 aromatic carbocycles. The molecule has 3 N–H and O–H groups in total. The van der Waals surface area contributed by atoms with Gasteiger partial charge in [-0.15, -0.1) is 0 Å². The topological polar surface area (TPSA) is 105 Å². The number of anilines is 1. The molecular weight excluding hydrogens is 410 g/mol. The molecule has 1 atom stereocenters. The summed E-state index contributed by atoms with van der Waals surface area (Å²) in [6, 6.07) is 5.65. The first-order chi connectivity index (χ1) is 12.6. The van der Waals surface area contributed by atoms with Gasteiger partial charge in [0.05, 0.1) is 5.57 Å². The Bertz CT molecular complexity index is 1050. The van der Waals surface area contributed by atoms with E-state index in [4.69, 9.17) is 10.5 Å². The van der Waals surface area contributed by atoms with Crippen molar-refractivity contribution in [1.82, 2.24) is 0 Å². The van der Waals surface area contributed by atoms with Crippen molar-refractivity contribution in [1.29, 1.82) is 5.26 Å². The van der Waals surface area contributed by atoms with Gasteiger partial charge in [-0.25, -0.2) is 0 Å². The molecule has 1 spiro atoms. The number of halogens is 1. The molecule has 0 saturated heterocycles. The number of nitrogens with zero attached hydrogens (tertiary/aromatic N) is 1. The molecule has 6 nitrogen and oxygen atoms in total. The van der Waals surface area contributed by atoms with Crippen LogP contribution >= 0.6 is 15.9 Å². The van der Waals surface area contributed by atoms with E-state index in [-0.39, 0.29) is 34.6 Å². The van der Waals surface area contributed by atoms with Crippen LogP contribution in [-0.4, -0.2) is 11.7 Å². The number of carbonyl (C=O) groups is 2. The zero-order valence-corrected chi connectivity index (χ0v) is 16.8. The Morgan fingerprint density at radius 1 is 1.30 bits per heavy atom. The van der Waals surface area contributed by atoms with E-state index < -0.39 is 11.3 Å². The predicted molar refractivity (Wildman–Crippen MR) is 102 cm³/mol. The van der Waals surface area contributed by atoms with Crippen LogP contribution in [0.2, 0.25) is 0 Å². The van der Waals surface area contributed by atoms with Crippen LogP contribution in [0.3, 0.4) is 0 Å². The highest BCUT2D eigenvalue weighted by atomic mass is 79.9. The number of aryl methyl sites for hydroxylation is 1. The number of hydrogen-bond donors (Lipinski definition) is 2. The number of nitrogens with two attached hydrogens (primary N) is 1. The zero-order valence-electron chi connectivity index (χ0n) is 15.2. The molecule has 0 aromatic heterocycles. The monoisotopic (exact) mass is 427 g/mol. The Labute approximate surface area is 165 Å². The number of amides is 1. The summed E-state index contributed by atoms with van der Waals surface area (Å²) in [6.07, 6.45) is 0.737. The van der Waals surface area contributed by atoms with Gasteiger partial charge in [0, 0.05) is 28.6 Å². The van der Waals surface area contributed by atoms with Crippen LogP contribution in [0, 0.1) is 23.7 Å². The number of allylic oxidation sites excluding steroid dienone is 1. The molecule has 1 aliphatic carbocycles. The van der Waals surface area contributed by atoms with Gasteiger partial charge in [-0.2, -0.15) is 5.26 Å². The molecule has 138 valence electrons. The minimum Gasteiger partial charge on any atom is -0.444 e. The smallest absolute Gasteiger partial charge is 0.245 e. The molecule has 0 fully saturated rings. The minimum atomic E-state index is -1.55. The molecule has 2 aliphatic heterocycles. The van der Waals surface area contributed by atoms with Crippen molar-refractivity contribution in [3.8, 4) is 6.07 Å². The summed E-state index contributed by atoms with van der Waals surface area (Å²) in [5.74, 6) is -0.370. The number of nitriles is 1. The molecule has 2 heterocycles. The van der Waals surface area contributed by atoms with Crippen molar-refractivity contribution >= 4 is 33.3 Å². The molecular formula is C20H18BrN3O3. The Morgan fingerprint density at radius 3 is 2.67 bits per heavy atom. The van der Waals surface area contributed by atoms with Crippen molar-refractivity contribution in [3.05, 3.63) is 50.5 Å². The third-order valence-electron chi connectivity index (χ3n) is 5.47. The maximum atomic E-state index is 13.3. The summed E-state index contributed by atoms with van der Waals surface area (Å²) in [7, 11) is 0. The number of nitrogens with one attached hydrogen (secondary N) is 1. The first-order valence-electron chi connectivity index (χ1n) is 8.59. The molecule has 27 heavy (non-hydrogen) atoms. The van der Waals surface area contributed by atoms with Crippen LogP contribution in [0.25, 0.3) is 0 Å². The lowest BCUT2D eigenvalue weighted by molar-refractivity contribution is -0.124. The van der Waals surface area contributed by atoms with Crippen molar-refractivity contribution in [2.24, 2.45) is 11.1 Å². The normalized spacial score (nSPS) is 25.7. The van der Waals surface area contributed by atoms with Crippen LogP contribution in [0.1, 0.15) is 37.8 Å². The fraction of sp³-hybridized carbons (Fsp3) is 0.350. The lowest BCUT2D eigenvalue weighted by atomic mass is 9.62. The van der Waals surface area contributed by atoms with Crippen LogP contribution in [0.5, 0.6) is 0 Å². The predicted octanol–water partition coefficient (Wildman–Crippen LogP) is 3.31. The van der Waals surface area contributed by atoms with E-state index in [1.54, 1.807) is 6.07 Å². The number of carbonyl (C=O) groups excluding carboxylic acids is 2. The van der Waals surface area contributed by atoms with Crippen LogP contribution in [-0.2, 0) is 19.7 Å². The first kappa shape index (κ1) is 17.8. The summed E-state index contributed by atoms with van der Waals surface area (Å²) in [5, 5.41) is 12.7. The Morgan fingerprint density at radius 2 is 2.00 bits per heavy atom. The number of benzene rings is 1. The van der Waals surface area contributed by atoms with Gasteiger partial charge >= 0.3 is 0 Å². The second-order valence-electron chi connectivity index (χ2n) is 8.04. The largest absolute Gasteiger partial charge is 0.444 e. The highest BCUT2D eigenvalue weighted by molar-refractivity contribution is 9.10.